The number of benzene rings is 4. The van der Waals surface area contributed by atoms with Crippen LogP contribution in [0.1, 0.15) is 88.8 Å². The van der Waals surface area contributed by atoms with Gasteiger partial charge in [-0.3, -0.25) is 6.08 Å². The fraction of sp³-hybridized carbons (Fsp3) is 0.293. The monoisotopic (exact) mass is 696 g/mol. The summed E-state index contributed by atoms with van der Waals surface area (Å²) in [6.07, 6.45) is 8.40. The van der Waals surface area contributed by atoms with E-state index in [1.807, 2.05) is 6.08 Å². The molecule has 0 bridgehead atoms. The summed E-state index contributed by atoms with van der Waals surface area (Å²) in [5.74, 6) is 0.556. The Morgan fingerprint density at radius 3 is 1.70 bits per heavy atom. The van der Waals surface area contributed by atoms with Gasteiger partial charge in [0.2, 0.25) is 0 Å². The molecule has 1 unspecified atom stereocenters. The number of hydrogen-bond donors (Lipinski definition) is 0. The van der Waals surface area contributed by atoms with Crippen LogP contribution in [0, 0.1) is 18.1 Å². The van der Waals surface area contributed by atoms with Gasteiger partial charge in [0.1, 0.15) is 0 Å². The van der Waals surface area contributed by atoms with Gasteiger partial charge in [-0.2, -0.15) is 29.8 Å². The fourth-order valence-corrected chi connectivity index (χ4v) is 5.98. The summed E-state index contributed by atoms with van der Waals surface area (Å²) < 4.78 is 1.42. The average Bonchev–Trinajstić information content (AvgIpc) is 3.53. The van der Waals surface area contributed by atoms with E-state index in [4.69, 9.17) is 0 Å². The SMILES string of the molecule is CC(C)(C)c1[c-]c2c(cc1)-c1ccc(C(C)(C)C)cc1C2.CC1=CC(C)[C-]=C1.[Cl-].[Cl-].[Zr+2]=[C](c1ccccc1)c1ccccc1. The van der Waals surface area contributed by atoms with Gasteiger partial charge in [-0.05, 0) is 28.4 Å². The van der Waals surface area contributed by atoms with E-state index in [-0.39, 0.29) is 35.6 Å². The first kappa shape index (κ1) is 37.9. The zero-order valence-electron chi connectivity index (χ0n) is 27.4. The van der Waals surface area contributed by atoms with Crippen LogP contribution in [-0.2, 0) is 41.5 Å². The summed E-state index contributed by atoms with van der Waals surface area (Å²) in [7, 11) is 0. The van der Waals surface area contributed by atoms with Crippen molar-refractivity contribution in [1.82, 2.24) is 0 Å². The summed E-state index contributed by atoms with van der Waals surface area (Å²) in [5, 5.41) is 0. The van der Waals surface area contributed by atoms with Crippen molar-refractivity contribution in [3.63, 3.8) is 0 Å². The predicted octanol–water partition coefficient (Wildman–Crippen LogP) is 4.40. The van der Waals surface area contributed by atoms with Crippen molar-refractivity contribution in [3.8, 4) is 11.1 Å². The molecule has 0 aliphatic heterocycles. The standard InChI is InChI=1S/C21H25.C13H10.C7H9.2ClH.Zr/c1-20(2,3)16-7-9-18-14(12-16)11-15-13-17(21(4,5)6)8-10-19(15)18;1-3-7-12(8-4-1)11-13-9-5-2-6-10-13;1-6-3-4-7(2)5-6;;;/h7-10,12H,11H2,1-6H3;1-10H;3,5,7H,1-2H3;2*1H;/q-1;;-1;;;+2/p-2. The molecule has 4 aromatic carbocycles. The molecule has 0 radical (unpaired) electrons. The molecule has 1 atom stereocenters. The molecule has 4 aromatic rings. The van der Waals surface area contributed by atoms with Crippen molar-refractivity contribution in [2.24, 2.45) is 5.92 Å². The predicted molar refractivity (Wildman–Crippen MR) is 178 cm³/mol. The molecule has 0 amide bonds. The number of allylic oxidation sites excluding steroid dienone is 4. The minimum atomic E-state index is 0. The number of hydrogen-bond acceptors (Lipinski definition) is 0. The number of rotatable bonds is 2. The van der Waals surface area contributed by atoms with Gasteiger partial charge in [0.15, 0.2) is 0 Å². The zero-order valence-corrected chi connectivity index (χ0v) is 31.3. The molecule has 3 heteroatoms. The topological polar surface area (TPSA) is 0 Å². The molecule has 2 aliphatic carbocycles. The molecule has 6 rings (SSSR count). The third-order valence-corrected chi connectivity index (χ3v) is 9.09. The Balaban J connectivity index is 0.000000253. The van der Waals surface area contributed by atoms with Crippen LogP contribution in [0.25, 0.3) is 11.1 Å². The van der Waals surface area contributed by atoms with Crippen LogP contribution in [0.2, 0.25) is 0 Å². The number of halogens is 2. The molecule has 0 heterocycles. The summed E-state index contributed by atoms with van der Waals surface area (Å²) >= 11 is 1.46. The molecule has 44 heavy (non-hydrogen) atoms. The van der Waals surface area contributed by atoms with Crippen LogP contribution in [0.4, 0.5) is 0 Å². The van der Waals surface area contributed by atoms with Crippen LogP contribution in [0.3, 0.4) is 0 Å². The second-order valence-corrected chi connectivity index (χ2v) is 14.7. The molecule has 0 saturated carbocycles. The maximum atomic E-state index is 3.67. The summed E-state index contributed by atoms with van der Waals surface area (Å²) in [6, 6.07) is 36.3. The average molecular weight is 699 g/mol. The quantitative estimate of drug-likeness (QED) is 0.240. The molecule has 0 N–H and O–H groups in total. The molecule has 0 nitrogen and oxygen atoms in total. The summed E-state index contributed by atoms with van der Waals surface area (Å²) in [4.78, 5) is 0. The minimum absolute atomic E-state index is 0. The second kappa shape index (κ2) is 16.3. The molecule has 228 valence electrons. The van der Waals surface area contributed by atoms with Gasteiger partial charge < -0.3 is 24.8 Å². The third-order valence-electron chi connectivity index (χ3n) is 7.68. The Morgan fingerprint density at radius 1 is 0.727 bits per heavy atom. The van der Waals surface area contributed by atoms with Crippen LogP contribution in [0.15, 0.2) is 109 Å². The number of fused-ring (bicyclic) bond motifs is 3. The molecule has 2 aliphatic rings. The van der Waals surface area contributed by atoms with Crippen molar-refractivity contribution in [3.05, 3.63) is 154 Å². The Labute approximate surface area is 294 Å². The summed E-state index contributed by atoms with van der Waals surface area (Å²) in [5.41, 5.74) is 12.7. The Bertz CT molecular complexity index is 1480. The van der Waals surface area contributed by atoms with Gasteiger partial charge in [-0.15, -0.1) is 18.1 Å². The Morgan fingerprint density at radius 2 is 1.27 bits per heavy atom. The van der Waals surface area contributed by atoms with Crippen LogP contribution >= 0.6 is 0 Å². The zero-order chi connectivity index (χ0) is 30.5. The molecule has 0 aromatic heterocycles. The van der Waals surface area contributed by atoms with E-state index in [2.05, 4.69) is 165 Å². The van der Waals surface area contributed by atoms with E-state index >= 15 is 0 Å². The second-order valence-electron chi connectivity index (χ2n) is 13.4. The van der Waals surface area contributed by atoms with Crippen molar-refractivity contribution in [2.75, 3.05) is 0 Å². The molecular weight excluding hydrogens is 655 g/mol. The Hall–Kier alpha value is -2.31. The van der Waals surface area contributed by atoms with Gasteiger partial charge in [-0.25, -0.2) is 11.6 Å². The Kier molecular flexibility index (Phi) is 14.0. The van der Waals surface area contributed by atoms with Crippen molar-refractivity contribution in [2.45, 2.75) is 72.6 Å². The van der Waals surface area contributed by atoms with Crippen molar-refractivity contribution >= 4 is 3.21 Å². The molecule has 0 spiro atoms. The van der Waals surface area contributed by atoms with E-state index in [0.717, 1.165) is 6.42 Å². The van der Waals surface area contributed by atoms with Gasteiger partial charge in [-0.1, -0.05) is 78.1 Å². The first-order valence-corrected chi connectivity index (χ1v) is 16.2. The van der Waals surface area contributed by atoms with Crippen molar-refractivity contribution < 1.29 is 49.0 Å². The van der Waals surface area contributed by atoms with E-state index < -0.39 is 0 Å². The molecular formula is C41H44Cl2Zr-2. The fourth-order valence-electron chi connectivity index (χ4n) is 5.16. The van der Waals surface area contributed by atoms with E-state index in [9.17, 15) is 0 Å². The first-order valence-electron chi connectivity index (χ1n) is 15.0. The summed E-state index contributed by atoms with van der Waals surface area (Å²) in [6.45, 7) is 17.8. The first-order chi connectivity index (χ1) is 19.8. The van der Waals surface area contributed by atoms with Gasteiger partial charge in [0, 0.05) is 0 Å². The van der Waals surface area contributed by atoms with Crippen molar-refractivity contribution in [1.29, 1.82) is 0 Å². The van der Waals surface area contributed by atoms with Crippen LogP contribution in [0.5, 0.6) is 0 Å². The van der Waals surface area contributed by atoms with Gasteiger partial charge >= 0.3 is 99.2 Å². The van der Waals surface area contributed by atoms with E-state index in [0.29, 0.717) is 5.92 Å². The van der Waals surface area contributed by atoms with E-state index in [1.54, 1.807) is 0 Å². The molecule has 0 saturated heterocycles. The van der Waals surface area contributed by atoms with Gasteiger partial charge in [0.05, 0.1) is 0 Å². The normalized spacial score (nSPS) is 14.3. The molecule has 0 fully saturated rings. The maximum absolute atomic E-state index is 3.67. The third kappa shape index (κ3) is 10.1. The van der Waals surface area contributed by atoms with Crippen LogP contribution in [-0.4, -0.2) is 3.21 Å². The van der Waals surface area contributed by atoms with Gasteiger partial charge in [0.25, 0.3) is 0 Å². The van der Waals surface area contributed by atoms with Crippen LogP contribution < -0.4 is 24.8 Å². The van der Waals surface area contributed by atoms with E-state index in [1.165, 1.54) is 77.5 Å².